The molecule has 1 nitrogen and oxygen atoms in total. The summed E-state index contributed by atoms with van der Waals surface area (Å²) in [5.41, 5.74) is 2.55. The molecule has 1 N–H and O–H groups in total. The van der Waals surface area contributed by atoms with Crippen molar-refractivity contribution in [2.45, 2.75) is 56.8 Å². The SMILES string of the molecule is CCC(C)SCC(O)c1ccccc1C1CCC1. The zero-order chi connectivity index (χ0) is 13.0. The Morgan fingerprint density at radius 3 is 2.67 bits per heavy atom. The van der Waals surface area contributed by atoms with Crippen LogP contribution in [0.1, 0.15) is 62.7 Å². The Morgan fingerprint density at radius 2 is 2.06 bits per heavy atom. The van der Waals surface area contributed by atoms with Gasteiger partial charge in [-0.05, 0) is 36.3 Å². The lowest BCUT2D eigenvalue weighted by Crippen LogP contribution is -2.14. The van der Waals surface area contributed by atoms with Crippen molar-refractivity contribution >= 4 is 11.8 Å². The maximum absolute atomic E-state index is 10.4. The molecule has 1 fully saturated rings. The van der Waals surface area contributed by atoms with E-state index in [0.717, 1.165) is 11.3 Å². The Morgan fingerprint density at radius 1 is 1.33 bits per heavy atom. The normalized spacial score (nSPS) is 19.3. The van der Waals surface area contributed by atoms with Crippen LogP contribution in [0.25, 0.3) is 0 Å². The highest BCUT2D eigenvalue weighted by molar-refractivity contribution is 7.99. The average molecular weight is 264 g/mol. The van der Waals surface area contributed by atoms with E-state index in [1.807, 2.05) is 11.8 Å². The molecular formula is C16H24OS. The lowest BCUT2D eigenvalue weighted by atomic mass is 9.77. The monoisotopic (exact) mass is 264 g/mol. The summed E-state index contributed by atoms with van der Waals surface area (Å²) in [6.45, 7) is 4.43. The van der Waals surface area contributed by atoms with Crippen LogP contribution in [0.2, 0.25) is 0 Å². The average Bonchev–Trinajstić information content (AvgIpc) is 2.34. The highest BCUT2D eigenvalue weighted by Crippen LogP contribution is 2.40. The van der Waals surface area contributed by atoms with Gasteiger partial charge in [-0.3, -0.25) is 0 Å². The summed E-state index contributed by atoms with van der Waals surface area (Å²) >= 11 is 1.88. The van der Waals surface area contributed by atoms with Crippen LogP contribution in [-0.4, -0.2) is 16.1 Å². The Balaban J connectivity index is 2.02. The van der Waals surface area contributed by atoms with Crippen molar-refractivity contribution in [1.82, 2.24) is 0 Å². The van der Waals surface area contributed by atoms with Crippen LogP contribution in [0.5, 0.6) is 0 Å². The predicted molar refractivity (Wildman–Crippen MR) is 80.2 cm³/mol. The molecule has 0 aromatic heterocycles. The first kappa shape index (κ1) is 14.0. The summed E-state index contributed by atoms with van der Waals surface area (Å²) < 4.78 is 0. The van der Waals surface area contributed by atoms with Crippen molar-refractivity contribution in [2.75, 3.05) is 5.75 Å². The molecule has 1 saturated carbocycles. The van der Waals surface area contributed by atoms with E-state index in [-0.39, 0.29) is 6.10 Å². The molecule has 0 amide bonds. The number of benzene rings is 1. The maximum atomic E-state index is 10.4. The van der Waals surface area contributed by atoms with Crippen LogP contribution >= 0.6 is 11.8 Å². The second kappa shape index (κ2) is 6.63. The van der Waals surface area contributed by atoms with Gasteiger partial charge >= 0.3 is 0 Å². The standard InChI is InChI=1S/C16H24OS/c1-3-12(2)18-11-16(17)15-10-5-4-9-14(15)13-7-6-8-13/h4-5,9-10,12-13,16-17H,3,6-8,11H2,1-2H3. The van der Waals surface area contributed by atoms with Crippen molar-refractivity contribution in [1.29, 1.82) is 0 Å². The van der Waals surface area contributed by atoms with Gasteiger partial charge in [0, 0.05) is 11.0 Å². The second-order valence-electron chi connectivity index (χ2n) is 5.32. The summed E-state index contributed by atoms with van der Waals surface area (Å²) in [7, 11) is 0. The molecule has 0 bridgehead atoms. The third-order valence-electron chi connectivity index (χ3n) is 4.01. The van der Waals surface area contributed by atoms with Crippen LogP contribution in [0.4, 0.5) is 0 Å². The number of aliphatic hydroxyl groups excluding tert-OH is 1. The Kier molecular flexibility index (Phi) is 5.13. The number of hydrogen-bond acceptors (Lipinski definition) is 2. The molecule has 0 aliphatic heterocycles. The fraction of sp³-hybridized carbons (Fsp3) is 0.625. The van der Waals surface area contributed by atoms with Crippen molar-refractivity contribution in [3.63, 3.8) is 0 Å². The molecule has 18 heavy (non-hydrogen) atoms. The third kappa shape index (κ3) is 3.30. The summed E-state index contributed by atoms with van der Waals surface area (Å²) in [6, 6.07) is 8.46. The molecule has 1 aromatic rings. The van der Waals surface area contributed by atoms with E-state index in [9.17, 15) is 5.11 Å². The molecule has 1 aromatic carbocycles. The Hall–Kier alpha value is -0.470. The van der Waals surface area contributed by atoms with Gasteiger partial charge < -0.3 is 5.11 Å². The van der Waals surface area contributed by atoms with Crippen molar-refractivity contribution < 1.29 is 5.11 Å². The Labute approximate surface area is 115 Å². The van der Waals surface area contributed by atoms with Gasteiger partial charge in [0.2, 0.25) is 0 Å². The zero-order valence-corrected chi connectivity index (χ0v) is 12.2. The molecule has 100 valence electrons. The van der Waals surface area contributed by atoms with Gasteiger partial charge in [0.25, 0.3) is 0 Å². The number of hydrogen-bond donors (Lipinski definition) is 1. The minimum absolute atomic E-state index is 0.305. The molecule has 1 aliphatic rings. The fourth-order valence-electron chi connectivity index (χ4n) is 2.37. The summed E-state index contributed by atoms with van der Waals surface area (Å²) in [6.07, 6.45) is 4.80. The van der Waals surface area contributed by atoms with Crippen molar-refractivity contribution in [3.8, 4) is 0 Å². The molecular weight excluding hydrogens is 240 g/mol. The van der Waals surface area contributed by atoms with Crippen LogP contribution in [-0.2, 0) is 0 Å². The predicted octanol–water partition coefficient (Wildman–Crippen LogP) is 4.52. The van der Waals surface area contributed by atoms with Crippen molar-refractivity contribution in [3.05, 3.63) is 35.4 Å². The van der Waals surface area contributed by atoms with Gasteiger partial charge in [-0.2, -0.15) is 11.8 Å². The van der Waals surface area contributed by atoms with E-state index >= 15 is 0 Å². The molecule has 2 atom stereocenters. The van der Waals surface area contributed by atoms with Gasteiger partial charge in [0.15, 0.2) is 0 Å². The van der Waals surface area contributed by atoms with Gasteiger partial charge in [0.05, 0.1) is 6.10 Å². The molecule has 2 heteroatoms. The molecule has 2 unspecified atom stereocenters. The largest absolute Gasteiger partial charge is 0.388 e. The van der Waals surface area contributed by atoms with E-state index < -0.39 is 0 Å². The van der Waals surface area contributed by atoms with E-state index in [4.69, 9.17) is 0 Å². The minimum atomic E-state index is -0.305. The first-order valence-electron chi connectivity index (χ1n) is 7.10. The molecule has 0 radical (unpaired) electrons. The van der Waals surface area contributed by atoms with Crippen LogP contribution in [0, 0.1) is 0 Å². The lowest BCUT2D eigenvalue weighted by Gasteiger charge is -2.29. The second-order valence-corrected chi connectivity index (χ2v) is 6.80. The van der Waals surface area contributed by atoms with E-state index in [2.05, 4.69) is 38.1 Å². The van der Waals surface area contributed by atoms with Gasteiger partial charge in [-0.15, -0.1) is 0 Å². The molecule has 1 aliphatic carbocycles. The minimum Gasteiger partial charge on any atom is -0.388 e. The summed E-state index contributed by atoms with van der Waals surface area (Å²) in [5, 5.41) is 11.0. The van der Waals surface area contributed by atoms with Crippen molar-refractivity contribution in [2.24, 2.45) is 0 Å². The van der Waals surface area contributed by atoms with Gasteiger partial charge in [-0.1, -0.05) is 44.5 Å². The highest BCUT2D eigenvalue weighted by Gasteiger charge is 2.24. The van der Waals surface area contributed by atoms with Gasteiger partial charge in [0.1, 0.15) is 0 Å². The number of thioether (sulfide) groups is 1. The molecule has 0 saturated heterocycles. The third-order valence-corrected chi connectivity index (χ3v) is 5.42. The van der Waals surface area contributed by atoms with Crippen LogP contribution < -0.4 is 0 Å². The number of rotatable bonds is 6. The van der Waals surface area contributed by atoms with E-state index in [1.54, 1.807) is 0 Å². The summed E-state index contributed by atoms with van der Waals surface area (Å²) in [4.78, 5) is 0. The molecule has 0 heterocycles. The fourth-order valence-corrected chi connectivity index (χ4v) is 3.29. The highest BCUT2D eigenvalue weighted by atomic mass is 32.2. The quantitative estimate of drug-likeness (QED) is 0.815. The lowest BCUT2D eigenvalue weighted by molar-refractivity contribution is 0.201. The van der Waals surface area contributed by atoms with E-state index in [0.29, 0.717) is 11.2 Å². The first-order valence-corrected chi connectivity index (χ1v) is 8.15. The first-order chi connectivity index (χ1) is 8.72. The summed E-state index contributed by atoms with van der Waals surface area (Å²) in [5.74, 6) is 1.52. The number of aliphatic hydroxyl groups is 1. The van der Waals surface area contributed by atoms with E-state index in [1.165, 1.54) is 31.2 Å². The topological polar surface area (TPSA) is 20.2 Å². The maximum Gasteiger partial charge on any atom is 0.0883 e. The molecule has 2 rings (SSSR count). The Bertz CT molecular complexity index is 373. The molecule has 0 spiro atoms. The van der Waals surface area contributed by atoms with Crippen LogP contribution in [0.3, 0.4) is 0 Å². The zero-order valence-electron chi connectivity index (χ0n) is 11.4. The van der Waals surface area contributed by atoms with Gasteiger partial charge in [-0.25, -0.2) is 0 Å². The van der Waals surface area contributed by atoms with Crippen LogP contribution in [0.15, 0.2) is 24.3 Å². The smallest absolute Gasteiger partial charge is 0.0883 e.